The van der Waals surface area contributed by atoms with E-state index in [1.807, 2.05) is 12.4 Å². The summed E-state index contributed by atoms with van der Waals surface area (Å²) >= 11 is 0. The van der Waals surface area contributed by atoms with Gasteiger partial charge >= 0.3 is 0 Å². The van der Waals surface area contributed by atoms with Crippen LogP contribution in [0.25, 0.3) is 93.3 Å². The molecule has 11 aromatic rings. The SMILES string of the molecule is c1ccc(-n2c3ccccc3c3ccc4c5c6c(ccc5n(-c5ccccc5)c4c32)c2cnccc2n2c3ccccc3nc62)cc1. The molecule has 6 aromatic carbocycles. The lowest BCUT2D eigenvalue weighted by molar-refractivity contribution is 1.15. The van der Waals surface area contributed by atoms with Crippen LogP contribution in [0.4, 0.5) is 0 Å². The van der Waals surface area contributed by atoms with Gasteiger partial charge in [-0.25, -0.2) is 4.98 Å². The number of aromatic nitrogens is 5. The molecule has 0 amide bonds. The first kappa shape index (κ1) is 24.8. The van der Waals surface area contributed by atoms with Gasteiger partial charge in [-0.2, -0.15) is 0 Å². The maximum Gasteiger partial charge on any atom is 0.147 e. The quantitative estimate of drug-likeness (QED) is 0.186. The van der Waals surface area contributed by atoms with Crippen molar-refractivity contribution < 1.29 is 0 Å². The Bertz CT molecular complexity index is 3060. The van der Waals surface area contributed by atoms with Gasteiger partial charge < -0.3 is 9.13 Å². The Morgan fingerprint density at radius 3 is 1.85 bits per heavy atom. The zero-order valence-corrected chi connectivity index (χ0v) is 25.2. The van der Waals surface area contributed by atoms with E-state index in [2.05, 4.69) is 158 Å². The minimum Gasteiger partial charge on any atom is -0.307 e. The Balaban J connectivity index is 1.47. The molecule has 218 valence electrons. The highest BCUT2D eigenvalue weighted by Gasteiger charge is 2.24. The molecule has 5 nitrogen and oxygen atoms in total. The van der Waals surface area contributed by atoms with Crippen LogP contribution in [0.15, 0.2) is 152 Å². The fraction of sp³-hybridized carbons (Fsp3) is 0. The Morgan fingerprint density at radius 2 is 1.04 bits per heavy atom. The van der Waals surface area contributed by atoms with Crippen LogP contribution in [0.1, 0.15) is 0 Å². The standard InChI is InChI=1S/C42H25N5/c1-3-11-26(12-4-1)45-34-17-9-7-15-28(34)30-19-20-31-38-37(46(41(31)40(30)45)27-13-5-2-6-14-27)22-21-29-32-25-43-24-23-35(32)47-36-18-10-8-16-33(36)44-42(47)39(29)38/h1-25H. The molecule has 5 heteroatoms. The van der Waals surface area contributed by atoms with E-state index in [9.17, 15) is 0 Å². The summed E-state index contributed by atoms with van der Waals surface area (Å²) in [7, 11) is 0. The van der Waals surface area contributed by atoms with Crippen molar-refractivity contribution in [1.82, 2.24) is 23.5 Å². The van der Waals surface area contributed by atoms with E-state index in [0.717, 1.165) is 55.2 Å². The summed E-state index contributed by atoms with van der Waals surface area (Å²) in [6.07, 6.45) is 3.88. The average molecular weight is 600 g/mol. The largest absolute Gasteiger partial charge is 0.307 e. The van der Waals surface area contributed by atoms with Crippen LogP contribution in [-0.4, -0.2) is 23.5 Å². The molecular formula is C42H25N5. The molecule has 0 atom stereocenters. The van der Waals surface area contributed by atoms with Gasteiger partial charge in [-0.3, -0.25) is 9.38 Å². The summed E-state index contributed by atoms with van der Waals surface area (Å²) in [5.74, 6) is 0. The number of hydrogen-bond donors (Lipinski definition) is 0. The number of pyridine rings is 2. The zero-order valence-electron chi connectivity index (χ0n) is 25.2. The highest BCUT2D eigenvalue weighted by Crippen LogP contribution is 2.45. The number of rotatable bonds is 2. The van der Waals surface area contributed by atoms with Crippen molar-refractivity contribution in [3.63, 3.8) is 0 Å². The molecule has 0 spiro atoms. The zero-order chi connectivity index (χ0) is 30.6. The van der Waals surface area contributed by atoms with Crippen LogP contribution >= 0.6 is 0 Å². The lowest BCUT2D eigenvalue weighted by Crippen LogP contribution is -1.98. The van der Waals surface area contributed by atoms with Gasteiger partial charge in [-0.05, 0) is 60.0 Å². The van der Waals surface area contributed by atoms with Crippen LogP contribution in [0, 0.1) is 0 Å². The maximum atomic E-state index is 5.32. The van der Waals surface area contributed by atoms with E-state index < -0.39 is 0 Å². The van der Waals surface area contributed by atoms with Crippen molar-refractivity contribution in [2.45, 2.75) is 0 Å². The first-order valence-electron chi connectivity index (χ1n) is 15.9. The van der Waals surface area contributed by atoms with Gasteiger partial charge in [0.2, 0.25) is 0 Å². The molecule has 0 saturated carbocycles. The van der Waals surface area contributed by atoms with Crippen LogP contribution in [-0.2, 0) is 0 Å². The van der Waals surface area contributed by atoms with Gasteiger partial charge in [0.25, 0.3) is 0 Å². The average Bonchev–Trinajstić information content (AvgIpc) is 3.80. The van der Waals surface area contributed by atoms with Crippen LogP contribution in [0.5, 0.6) is 0 Å². The van der Waals surface area contributed by atoms with Crippen molar-refractivity contribution in [2.75, 3.05) is 0 Å². The summed E-state index contributed by atoms with van der Waals surface area (Å²) in [6, 6.07) is 50.0. The third kappa shape index (κ3) is 3.17. The lowest BCUT2D eigenvalue weighted by Gasteiger charge is -2.12. The number of fused-ring (bicyclic) bond motifs is 16. The summed E-state index contributed by atoms with van der Waals surface area (Å²) in [6.45, 7) is 0. The van der Waals surface area contributed by atoms with Crippen molar-refractivity contribution in [3.05, 3.63) is 152 Å². The molecule has 0 aliphatic carbocycles. The van der Waals surface area contributed by atoms with E-state index in [4.69, 9.17) is 4.98 Å². The van der Waals surface area contributed by atoms with Crippen molar-refractivity contribution >= 4 is 82.0 Å². The monoisotopic (exact) mass is 599 g/mol. The molecule has 47 heavy (non-hydrogen) atoms. The third-order valence-corrected chi connectivity index (χ3v) is 9.87. The Hall–Kier alpha value is -6.46. The molecule has 0 saturated heterocycles. The fourth-order valence-corrected chi connectivity index (χ4v) is 8.01. The second-order valence-electron chi connectivity index (χ2n) is 12.3. The van der Waals surface area contributed by atoms with Gasteiger partial charge in [0.1, 0.15) is 5.65 Å². The van der Waals surface area contributed by atoms with Crippen LogP contribution < -0.4 is 0 Å². The Kier molecular flexibility index (Phi) is 4.78. The number of hydrogen-bond acceptors (Lipinski definition) is 2. The molecule has 0 aliphatic heterocycles. The number of nitrogens with zero attached hydrogens (tertiary/aromatic N) is 5. The topological polar surface area (TPSA) is 40.0 Å². The van der Waals surface area contributed by atoms with Crippen LogP contribution in [0.2, 0.25) is 0 Å². The molecule has 0 N–H and O–H groups in total. The summed E-state index contributed by atoms with van der Waals surface area (Å²) in [5, 5.41) is 8.26. The fourth-order valence-electron chi connectivity index (χ4n) is 8.01. The molecule has 5 heterocycles. The van der Waals surface area contributed by atoms with Gasteiger partial charge in [0, 0.05) is 56.1 Å². The molecule has 0 aliphatic rings. The summed E-state index contributed by atoms with van der Waals surface area (Å²) in [4.78, 5) is 9.92. The number of para-hydroxylation sites is 5. The van der Waals surface area contributed by atoms with Gasteiger partial charge in [0.15, 0.2) is 0 Å². The van der Waals surface area contributed by atoms with Gasteiger partial charge in [0.05, 0.1) is 38.6 Å². The number of benzene rings is 6. The van der Waals surface area contributed by atoms with E-state index in [1.54, 1.807) is 0 Å². The van der Waals surface area contributed by atoms with Gasteiger partial charge in [-0.15, -0.1) is 0 Å². The van der Waals surface area contributed by atoms with E-state index in [1.165, 1.54) is 38.1 Å². The molecule has 0 fully saturated rings. The number of imidazole rings is 1. The lowest BCUT2D eigenvalue weighted by atomic mass is 10.0. The summed E-state index contributed by atoms with van der Waals surface area (Å²) in [5.41, 5.74) is 11.1. The predicted molar refractivity (Wildman–Crippen MR) is 194 cm³/mol. The smallest absolute Gasteiger partial charge is 0.147 e. The Labute approximate surface area is 268 Å². The van der Waals surface area contributed by atoms with Crippen LogP contribution in [0.3, 0.4) is 0 Å². The highest BCUT2D eigenvalue weighted by molar-refractivity contribution is 6.33. The molecule has 0 bridgehead atoms. The maximum absolute atomic E-state index is 5.32. The van der Waals surface area contributed by atoms with E-state index >= 15 is 0 Å². The second kappa shape index (κ2) is 9.05. The van der Waals surface area contributed by atoms with Crippen molar-refractivity contribution in [1.29, 1.82) is 0 Å². The second-order valence-corrected chi connectivity index (χ2v) is 12.3. The normalized spacial score (nSPS) is 12.3. The molecule has 0 radical (unpaired) electrons. The van der Waals surface area contributed by atoms with Crippen molar-refractivity contribution in [3.8, 4) is 11.4 Å². The summed E-state index contributed by atoms with van der Waals surface area (Å²) < 4.78 is 7.21. The molecule has 11 rings (SSSR count). The van der Waals surface area contributed by atoms with E-state index in [0.29, 0.717) is 0 Å². The van der Waals surface area contributed by atoms with E-state index in [-0.39, 0.29) is 0 Å². The minimum atomic E-state index is 0.960. The van der Waals surface area contributed by atoms with Gasteiger partial charge in [-0.1, -0.05) is 84.9 Å². The molecule has 0 unspecified atom stereocenters. The molecule has 5 aromatic heterocycles. The highest BCUT2D eigenvalue weighted by atomic mass is 15.1. The first-order chi connectivity index (χ1) is 23.4. The third-order valence-electron chi connectivity index (χ3n) is 9.87. The van der Waals surface area contributed by atoms with Crippen molar-refractivity contribution in [2.24, 2.45) is 0 Å². The minimum absolute atomic E-state index is 0.960. The first-order valence-corrected chi connectivity index (χ1v) is 15.9. The Morgan fingerprint density at radius 1 is 0.404 bits per heavy atom. The molecular weight excluding hydrogens is 574 g/mol. The predicted octanol–water partition coefficient (Wildman–Crippen LogP) is 10.4.